The third kappa shape index (κ3) is 4.71. The topological polar surface area (TPSA) is 63.2 Å². The molecule has 0 amide bonds. The van der Waals surface area contributed by atoms with Crippen LogP contribution in [-0.2, 0) is 16.0 Å². The molecule has 6 heteroatoms. The predicted octanol–water partition coefficient (Wildman–Crippen LogP) is 5.41. The van der Waals surface area contributed by atoms with E-state index in [0.717, 1.165) is 69.1 Å². The Morgan fingerprint density at radius 3 is 2.83 bits per heavy atom. The van der Waals surface area contributed by atoms with Gasteiger partial charge in [-0.25, -0.2) is 0 Å². The Labute approximate surface area is 210 Å². The van der Waals surface area contributed by atoms with E-state index in [1.54, 1.807) is 6.92 Å². The fourth-order valence-corrected chi connectivity index (χ4v) is 7.63. The largest absolute Gasteiger partial charge is 0.484 e. The lowest BCUT2D eigenvalue weighted by molar-refractivity contribution is -0.154. The lowest BCUT2D eigenvalue weighted by Crippen LogP contribution is -2.45. The summed E-state index contributed by atoms with van der Waals surface area (Å²) in [7, 11) is 0. The number of rotatable bonds is 7. The van der Waals surface area contributed by atoms with E-state index in [9.17, 15) is 4.79 Å². The number of hydrogen-bond acceptors (Lipinski definition) is 5. The van der Waals surface area contributed by atoms with E-state index in [0.29, 0.717) is 24.4 Å². The molecule has 6 nitrogen and oxygen atoms in total. The summed E-state index contributed by atoms with van der Waals surface area (Å²) in [5.41, 5.74) is 4.18. The molecule has 1 aliphatic heterocycles. The zero-order valence-electron chi connectivity index (χ0n) is 22.1. The van der Waals surface area contributed by atoms with Crippen molar-refractivity contribution < 1.29 is 14.3 Å². The van der Waals surface area contributed by atoms with Crippen molar-refractivity contribution in [1.29, 1.82) is 0 Å². The molecule has 0 aromatic heterocycles. The Hall–Kier alpha value is -2.08. The van der Waals surface area contributed by atoms with Gasteiger partial charge in [0.2, 0.25) is 0 Å². The van der Waals surface area contributed by atoms with Gasteiger partial charge in [0.1, 0.15) is 24.3 Å². The van der Waals surface area contributed by atoms with Crippen molar-refractivity contribution in [2.75, 3.05) is 38.1 Å². The van der Waals surface area contributed by atoms with E-state index < -0.39 is 0 Å². The molecule has 0 radical (unpaired) electrons. The first kappa shape index (κ1) is 24.6. The number of aliphatic imine (C=N–C) groups is 1. The van der Waals surface area contributed by atoms with Crippen molar-refractivity contribution in [3.63, 3.8) is 0 Å². The van der Waals surface area contributed by atoms with Crippen molar-refractivity contribution in [2.45, 2.75) is 84.7 Å². The number of benzene rings is 1. The number of aryl methyl sites for hydroxylation is 1. The van der Waals surface area contributed by atoms with Gasteiger partial charge >= 0.3 is 5.97 Å². The zero-order valence-corrected chi connectivity index (χ0v) is 22.1. The summed E-state index contributed by atoms with van der Waals surface area (Å²) < 4.78 is 11.9. The number of nitrogens with one attached hydrogen (secondary N) is 1. The summed E-state index contributed by atoms with van der Waals surface area (Å²) in [6.07, 6.45) is 8.02. The number of nitrogens with zero attached hydrogens (tertiary/aromatic N) is 2. The molecule has 5 atom stereocenters. The van der Waals surface area contributed by atoms with Crippen LogP contribution in [0.2, 0.25) is 0 Å². The van der Waals surface area contributed by atoms with Crippen LogP contribution in [0.25, 0.3) is 0 Å². The van der Waals surface area contributed by atoms with Gasteiger partial charge in [-0.3, -0.25) is 9.79 Å². The van der Waals surface area contributed by atoms with Crippen molar-refractivity contribution in [3.8, 4) is 5.75 Å². The summed E-state index contributed by atoms with van der Waals surface area (Å²) >= 11 is 0. The number of amidine groups is 1. The van der Waals surface area contributed by atoms with Crippen LogP contribution in [-0.4, -0.2) is 55.6 Å². The molecule has 1 aromatic rings. The number of fused-ring (bicyclic) bond motifs is 6. The molecule has 35 heavy (non-hydrogen) atoms. The predicted molar refractivity (Wildman–Crippen MR) is 140 cm³/mol. The Kier molecular flexibility index (Phi) is 7.11. The van der Waals surface area contributed by atoms with Gasteiger partial charge in [-0.2, -0.15) is 0 Å². The van der Waals surface area contributed by atoms with Crippen molar-refractivity contribution in [2.24, 2.45) is 22.2 Å². The highest BCUT2D eigenvalue weighted by Gasteiger charge is 2.56. The maximum absolute atomic E-state index is 11.7. The molecule has 0 bridgehead atoms. The van der Waals surface area contributed by atoms with Crippen LogP contribution in [0, 0.1) is 17.3 Å². The number of carbonyl (C=O) groups excluding carboxylic acids is 1. The first-order valence-corrected chi connectivity index (χ1v) is 13.9. The molecule has 4 aliphatic rings. The molecule has 5 rings (SSSR count). The molecule has 2 fully saturated rings. The van der Waals surface area contributed by atoms with Crippen molar-refractivity contribution in [1.82, 2.24) is 4.90 Å². The van der Waals surface area contributed by atoms with Gasteiger partial charge in [0.05, 0.1) is 5.69 Å². The molecule has 3 aliphatic carbocycles. The molecule has 192 valence electrons. The average Bonchev–Trinajstić information content (AvgIpc) is 3.18. The molecule has 0 saturated heterocycles. The van der Waals surface area contributed by atoms with Crippen LogP contribution in [0.3, 0.4) is 0 Å². The quantitative estimate of drug-likeness (QED) is 0.417. The third-order valence-electron chi connectivity index (χ3n) is 9.52. The van der Waals surface area contributed by atoms with Gasteiger partial charge in [0, 0.05) is 18.9 Å². The number of esters is 1. The third-order valence-corrected chi connectivity index (χ3v) is 9.52. The molecule has 1 heterocycles. The SMILES string of the molecule is CCN(CC)CCCN=C1COc2cc3c(cc2N1)[C@H]1CC[C@]2(C)[C@@H](OC(C)=O)CC[C@H]2[C@@H]1CC3. The van der Waals surface area contributed by atoms with Crippen molar-refractivity contribution >= 4 is 17.5 Å². The van der Waals surface area contributed by atoms with Gasteiger partial charge in [-0.15, -0.1) is 0 Å². The Morgan fingerprint density at radius 1 is 1.23 bits per heavy atom. The maximum atomic E-state index is 11.7. The maximum Gasteiger partial charge on any atom is 0.302 e. The minimum atomic E-state index is -0.129. The molecule has 1 aromatic carbocycles. The second kappa shape index (κ2) is 10.1. The Morgan fingerprint density at radius 2 is 2.06 bits per heavy atom. The Balaban J connectivity index is 1.29. The monoisotopic (exact) mass is 481 g/mol. The highest BCUT2D eigenvalue weighted by molar-refractivity contribution is 5.99. The van der Waals surface area contributed by atoms with E-state index in [-0.39, 0.29) is 17.5 Å². The Bertz CT molecular complexity index is 972. The molecular weight excluding hydrogens is 438 g/mol. The molecular formula is C29H43N3O3. The smallest absolute Gasteiger partial charge is 0.302 e. The van der Waals surface area contributed by atoms with Crippen LogP contribution in [0.4, 0.5) is 5.69 Å². The zero-order chi connectivity index (χ0) is 24.6. The van der Waals surface area contributed by atoms with E-state index in [1.807, 2.05) is 0 Å². The van der Waals surface area contributed by atoms with E-state index in [4.69, 9.17) is 14.5 Å². The van der Waals surface area contributed by atoms with Crippen LogP contribution in [0.15, 0.2) is 17.1 Å². The van der Waals surface area contributed by atoms with Crippen LogP contribution in [0.1, 0.15) is 83.3 Å². The van der Waals surface area contributed by atoms with Crippen LogP contribution >= 0.6 is 0 Å². The van der Waals surface area contributed by atoms with Gasteiger partial charge < -0.3 is 19.7 Å². The highest BCUT2D eigenvalue weighted by Crippen LogP contribution is 2.62. The van der Waals surface area contributed by atoms with Gasteiger partial charge in [0.15, 0.2) is 0 Å². The average molecular weight is 482 g/mol. The fraction of sp³-hybridized carbons (Fsp3) is 0.724. The van der Waals surface area contributed by atoms with E-state index in [1.165, 1.54) is 30.4 Å². The van der Waals surface area contributed by atoms with Gasteiger partial charge in [0.25, 0.3) is 0 Å². The minimum Gasteiger partial charge on any atom is -0.484 e. The second-order valence-corrected chi connectivity index (χ2v) is 11.3. The van der Waals surface area contributed by atoms with Crippen molar-refractivity contribution in [3.05, 3.63) is 23.3 Å². The fourth-order valence-electron chi connectivity index (χ4n) is 7.63. The standard InChI is InChI=1S/C29H43N3O3/c1-5-32(6-2)15-7-14-30-28-18-34-26-16-20-8-9-22-21(23(20)17-25(26)31-28)12-13-29(4)24(22)10-11-27(29)35-19(3)33/h16-17,21-22,24,27H,5-15,18H2,1-4H3,(H,30,31)/t21-,22+,24-,27-,29-/m0/s1. The number of anilines is 1. The number of ether oxygens (including phenoxy) is 2. The number of carbonyl (C=O) groups is 1. The van der Waals surface area contributed by atoms with Gasteiger partial charge in [-0.1, -0.05) is 20.8 Å². The lowest BCUT2D eigenvalue weighted by atomic mass is 9.55. The molecule has 0 unspecified atom stereocenters. The first-order valence-electron chi connectivity index (χ1n) is 13.9. The summed E-state index contributed by atoms with van der Waals surface area (Å²) in [5, 5.41) is 3.60. The summed E-state index contributed by atoms with van der Waals surface area (Å²) in [6, 6.07) is 4.66. The second-order valence-electron chi connectivity index (χ2n) is 11.3. The minimum absolute atomic E-state index is 0.0893. The molecule has 1 N–H and O–H groups in total. The van der Waals surface area contributed by atoms with Crippen LogP contribution < -0.4 is 10.1 Å². The number of hydrogen-bond donors (Lipinski definition) is 1. The normalized spacial score (nSPS) is 32.2. The molecule has 0 spiro atoms. The lowest BCUT2D eigenvalue weighted by Gasteiger charge is -2.50. The van der Waals surface area contributed by atoms with E-state index in [2.05, 4.69) is 43.1 Å². The van der Waals surface area contributed by atoms with Crippen LogP contribution in [0.5, 0.6) is 5.75 Å². The first-order chi connectivity index (χ1) is 16.9. The molecule has 2 saturated carbocycles. The summed E-state index contributed by atoms with van der Waals surface area (Å²) in [5.74, 6) is 3.70. The summed E-state index contributed by atoms with van der Waals surface area (Å²) in [6.45, 7) is 13.0. The van der Waals surface area contributed by atoms with E-state index >= 15 is 0 Å². The van der Waals surface area contributed by atoms with Gasteiger partial charge in [-0.05, 0) is 106 Å². The summed E-state index contributed by atoms with van der Waals surface area (Å²) in [4.78, 5) is 19.0. The highest BCUT2D eigenvalue weighted by atomic mass is 16.5.